The minimum absolute atomic E-state index is 0.0493. The fourth-order valence-electron chi connectivity index (χ4n) is 1.73. The Kier molecular flexibility index (Phi) is 4.50. The third-order valence-electron chi connectivity index (χ3n) is 2.74. The first-order valence-corrected chi connectivity index (χ1v) is 6.23. The van der Waals surface area contributed by atoms with Crippen LogP contribution in [0.25, 0.3) is 0 Å². The quantitative estimate of drug-likeness (QED) is 0.668. The van der Waals surface area contributed by atoms with Crippen molar-refractivity contribution in [3.63, 3.8) is 0 Å². The first-order chi connectivity index (χ1) is 9.69. The van der Waals surface area contributed by atoms with Crippen molar-refractivity contribution in [1.82, 2.24) is 4.98 Å². The fourth-order valence-corrected chi connectivity index (χ4v) is 1.73. The molecule has 0 fully saturated rings. The maximum atomic E-state index is 12.1. The van der Waals surface area contributed by atoms with Crippen molar-refractivity contribution in [3.8, 4) is 5.75 Å². The zero-order valence-electron chi connectivity index (χ0n) is 11.5. The molecular formula is C16H16N2O2. The van der Waals surface area contributed by atoms with Gasteiger partial charge >= 0.3 is 0 Å². The van der Waals surface area contributed by atoms with Gasteiger partial charge in [-0.1, -0.05) is 0 Å². The second-order valence-electron chi connectivity index (χ2n) is 4.28. The van der Waals surface area contributed by atoms with E-state index in [4.69, 9.17) is 4.74 Å². The van der Waals surface area contributed by atoms with Crippen molar-refractivity contribution in [2.24, 2.45) is 0 Å². The number of nitrogens with zero attached hydrogens (tertiary/aromatic N) is 1. The molecule has 0 saturated heterocycles. The number of aromatic nitrogens is 1. The van der Waals surface area contributed by atoms with Gasteiger partial charge in [0.05, 0.1) is 7.11 Å². The predicted octanol–water partition coefficient (Wildman–Crippen LogP) is 3.29. The summed E-state index contributed by atoms with van der Waals surface area (Å²) in [5.74, 6) is 0.684. The number of hydrogen-bond donors (Lipinski definition) is 1. The van der Waals surface area contributed by atoms with Crippen molar-refractivity contribution >= 4 is 11.5 Å². The van der Waals surface area contributed by atoms with Gasteiger partial charge in [0, 0.05) is 35.4 Å². The Labute approximate surface area is 118 Å². The molecule has 4 nitrogen and oxygen atoms in total. The number of benzene rings is 1. The Morgan fingerprint density at radius 3 is 2.40 bits per heavy atom. The third kappa shape index (κ3) is 3.68. The molecule has 0 spiro atoms. The van der Waals surface area contributed by atoms with Gasteiger partial charge in [-0.25, -0.2) is 0 Å². The number of ether oxygens (including phenoxy) is 1. The molecule has 0 unspecified atom stereocenters. The highest BCUT2D eigenvalue weighted by molar-refractivity contribution is 6.05. The highest BCUT2D eigenvalue weighted by Gasteiger charge is 2.03. The molecule has 1 N–H and O–H groups in total. The number of allylic oxidation sites excluding steroid dienone is 2. The number of anilines is 1. The van der Waals surface area contributed by atoms with Crippen LogP contribution in [0.2, 0.25) is 0 Å². The van der Waals surface area contributed by atoms with E-state index < -0.39 is 0 Å². The Morgan fingerprint density at radius 2 is 1.80 bits per heavy atom. The maximum absolute atomic E-state index is 12.1. The molecule has 20 heavy (non-hydrogen) atoms. The minimum Gasteiger partial charge on any atom is -0.497 e. The Morgan fingerprint density at radius 1 is 1.15 bits per heavy atom. The van der Waals surface area contributed by atoms with Crippen LogP contribution in [0, 0.1) is 0 Å². The molecule has 1 aromatic carbocycles. The lowest BCUT2D eigenvalue weighted by Crippen LogP contribution is -2.01. The zero-order chi connectivity index (χ0) is 14.4. The number of hydrogen-bond acceptors (Lipinski definition) is 4. The standard InChI is InChI=1S/C16H16N2O2/c1-12(18-14-7-9-17-10-8-14)11-16(19)13-3-5-15(20-2)6-4-13/h3-11H,1-2H3,(H,17,18)/b12-11+. The summed E-state index contributed by atoms with van der Waals surface area (Å²) in [6.07, 6.45) is 4.96. The molecular weight excluding hydrogens is 252 g/mol. The molecule has 0 aliphatic heterocycles. The number of pyridine rings is 1. The van der Waals surface area contributed by atoms with E-state index in [2.05, 4.69) is 10.3 Å². The molecule has 2 rings (SSSR count). The van der Waals surface area contributed by atoms with Crippen LogP contribution >= 0.6 is 0 Å². The largest absolute Gasteiger partial charge is 0.497 e. The summed E-state index contributed by atoms with van der Waals surface area (Å²) in [6.45, 7) is 1.85. The number of methoxy groups -OCH3 is 1. The van der Waals surface area contributed by atoms with E-state index in [1.165, 1.54) is 0 Å². The fraction of sp³-hybridized carbons (Fsp3) is 0.125. The van der Waals surface area contributed by atoms with Crippen molar-refractivity contribution < 1.29 is 9.53 Å². The van der Waals surface area contributed by atoms with Crippen LogP contribution < -0.4 is 10.1 Å². The smallest absolute Gasteiger partial charge is 0.187 e. The highest BCUT2D eigenvalue weighted by atomic mass is 16.5. The van der Waals surface area contributed by atoms with Gasteiger partial charge in [-0.05, 0) is 43.3 Å². The van der Waals surface area contributed by atoms with Gasteiger partial charge in [0.1, 0.15) is 5.75 Å². The summed E-state index contributed by atoms with van der Waals surface area (Å²) in [6, 6.07) is 10.7. The molecule has 0 aliphatic carbocycles. The Balaban J connectivity index is 2.06. The minimum atomic E-state index is -0.0493. The van der Waals surface area contributed by atoms with E-state index in [1.54, 1.807) is 49.8 Å². The monoisotopic (exact) mass is 268 g/mol. The SMILES string of the molecule is COc1ccc(C(=O)/C=C(\C)Nc2ccncc2)cc1. The van der Waals surface area contributed by atoms with Crippen LogP contribution in [0.5, 0.6) is 5.75 Å². The molecule has 0 radical (unpaired) electrons. The van der Waals surface area contributed by atoms with Gasteiger partial charge in [-0.2, -0.15) is 0 Å². The summed E-state index contributed by atoms with van der Waals surface area (Å²) in [4.78, 5) is 16.0. The average molecular weight is 268 g/mol. The number of ketones is 1. The number of rotatable bonds is 5. The van der Waals surface area contributed by atoms with Crippen LogP contribution in [0.3, 0.4) is 0 Å². The average Bonchev–Trinajstić information content (AvgIpc) is 2.48. The van der Waals surface area contributed by atoms with Crippen LogP contribution in [-0.2, 0) is 0 Å². The molecule has 2 aromatic rings. The lowest BCUT2D eigenvalue weighted by atomic mass is 10.1. The van der Waals surface area contributed by atoms with Crippen molar-refractivity contribution in [3.05, 3.63) is 66.1 Å². The number of nitrogens with one attached hydrogen (secondary N) is 1. The third-order valence-corrected chi connectivity index (χ3v) is 2.74. The van der Waals surface area contributed by atoms with E-state index >= 15 is 0 Å². The van der Waals surface area contributed by atoms with Gasteiger partial charge < -0.3 is 10.1 Å². The van der Waals surface area contributed by atoms with Crippen LogP contribution in [-0.4, -0.2) is 17.9 Å². The number of carbonyl (C=O) groups is 1. The van der Waals surface area contributed by atoms with Gasteiger partial charge in [0.2, 0.25) is 0 Å². The summed E-state index contributed by atoms with van der Waals surface area (Å²) in [5.41, 5.74) is 2.30. The zero-order valence-corrected chi connectivity index (χ0v) is 11.5. The molecule has 0 saturated carbocycles. The summed E-state index contributed by atoms with van der Waals surface area (Å²) in [5, 5.41) is 3.14. The van der Waals surface area contributed by atoms with Gasteiger partial charge in [-0.3, -0.25) is 9.78 Å². The van der Waals surface area contributed by atoms with E-state index in [9.17, 15) is 4.79 Å². The first kappa shape index (κ1) is 13.8. The van der Waals surface area contributed by atoms with E-state index in [-0.39, 0.29) is 5.78 Å². The molecule has 1 aromatic heterocycles. The Bertz CT molecular complexity index is 604. The molecule has 0 atom stereocenters. The molecule has 4 heteroatoms. The summed E-state index contributed by atoms with van der Waals surface area (Å²) in [7, 11) is 1.60. The van der Waals surface area contributed by atoms with Crippen LogP contribution in [0.1, 0.15) is 17.3 Å². The lowest BCUT2D eigenvalue weighted by molar-refractivity contribution is 0.104. The van der Waals surface area contributed by atoms with Crippen molar-refractivity contribution in [2.75, 3.05) is 12.4 Å². The predicted molar refractivity (Wildman–Crippen MR) is 78.9 cm³/mol. The van der Waals surface area contributed by atoms with Crippen molar-refractivity contribution in [2.45, 2.75) is 6.92 Å². The maximum Gasteiger partial charge on any atom is 0.187 e. The lowest BCUT2D eigenvalue weighted by Gasteiger charge is -2.06. The number of carbonyl (C=O) groups excluding carboxylic acids is 1. The van der Waals surface area contributed by atoms with Gasteiger partial charge in [-0.15, -0.1) is 0 Å². The van der Waals surface area contributed by atoms with E-state index in [0.29, 0.717) is 5.56 Å². The molecule has 0 amide bonds. The molecule has 0 bridgehead atoms. The summed E-state index contributed by atoms with van der Waals surface area (Å²) < 4.78 is 5.06. The second-order valence-corrected chi connectivity index (χ2v) is 4.28. The van der Waals surface area contributed by atoms with Gasteiger partial charge in [0.25, 0.3) is 0 Å². The van der Waals surface area contributed by atoms with Crippen LogP contribution in [0.15, 0.2) is 60.6 Å². The van der Waals surface area contributed by atoms with E-state index in [0.717, 1.165) is 17.1 Å². The van der Waals surface area contributed by atoms with E-state index in [1.807, 2.05) is 19.1 Å². The topological polar surface area (TPSA) is 51.2 Å². The summed E-state index contributed by atoms with van der Waals surface area (Å²) >= 11 is 0. The molecule has 102 valence electrons. The highest BCUT2D eigenvalue weighted by Crippen LogP contribution is 2.13. The molecule has 1 heterocycles. The Hall–Kier alpha value is -2.62. The normalized spacial score (nSPS) is 11.0. The van der Waals surface area contributed by atoms with Crippen molar-refractivity contribution in [1.29, 1.82) is 0 Å². The van der Waals surface area contributed by atoms with Gasteiger partial charge in [0.15, 0.2) is 5.78 Å². The first-order valence-electron chi connectivity index (χ1n) is 6.23. The molecule has 0 aliphatic rings. The second kappa shape index (κ2) is 6.52. The van der Waals surface area contributed by atoms with Crippen LogP contribution in [0.4, 0.5) is 5.69 Å².